The van der Waals surface area contributed by atoms with Gasteiger partial charge in [-0.15, -0.1) is 5.10 Å². The van der Waals surface area contributed by atoms with Gasteiger partial charge in [0.05, 0.1) is 5.69 Å². The summed E-state index contributed by atoms with van der Waals surface area (Å²) in [5.41, 5.74) is 1.50. The molecule has 7 heteroatoms. The molecule has 0 aromatic carbocycles. The van der Waals surface area contributed by atoms with Crippen molar-refractivity contribution in [3.05, 3.63) is 52.1 Å². The van der Waals surface area contributed by atoms with Crippen molar-refractivity contribution < 1.29 is 4.79 Å². The molecule has 2 aliphatic rings. The third-order valence-electron chi connectivity index (χ3n) is 5.35. The standard InChI is InChI=1S/C19H23N5O2/c1-12-7-13(2)24(21-12)17-5-6-19(26)23(22-17)11-18(25)20-10-16-9-14-3-4-15(16)8-14/h3-7,14-16H,8-11H2,1-2H3,(H,20,25)/t14-,15+,16-/m1/s1. The number of nitrogens with zero attached hydrogens (tertiary/aromatic N) is 4. The minimum absolute atomic E-state index is 0.0807. The van der Waals surface area contributed by atoms with Crippen molar-refractivity contribution in [3.8, 4) is 5.82 Å². The van der Waals surface area contributed by atoms with E-state index in [9.17, 15) is 9.59 Å². The molecular formula is C19H23N5O2. The minimum atomic E-state index is -0.298. The summed E-state index contributed by atoms with van der Waals surface area (Å²) >= 11 is 0. The number of allylic oxidation sites excluding steroid dienone is 2. The molecule has 1 N–H and O–H groups in total. The number of carbonyl (C=O) groups is 1. The summed E-state index contributed by atoms with van der Waals surface area (Å²) in [5, 5.41) is 11.6. The summed E-state index contributed by atoms with van der Waals surface area (Å²) in [4.78, 5) is 24.4. The summed E-state index contributed by atoms with van der Waals surface area (Å²) in [6.07, 6.45) is 6.92. The monoisotopic (exact) mass is 353 g/mol. The largest absolute Gasteiger partial charge is 0.354 e. The highest BCUT2D eigenvalue weighted by atomic mass is 16.2. The molecule has 2 heterocycles. The average Bonchev–Trinajstić information content (AvgIpc) is 3.30. The van der Waals surface area contributed by atoms with Crippen molar-refractivity contribution in [1.82, 2.24) is 24.9 Å². The zero-order chi connectivity index (χ0) is 18.3. The van der Waals surface area contributed by atoms with Crippen molar-refractivity contribution in [2.45, 2.75) is 33.2 Å². The van der Waals surface area contributed by atoms with E-state index in [1.807, 2.05) is 19.9 Å². The molecule has 0 aliphatic heterocycles. The lowest BCUT2D eigenvalue weighted by atomic mass is 9.94. The Balaban J connectivity index is 1.43. The first-order valence-electron chi connectivity index (χ1n) is 9.06. The molecule has 26 heavy (non-hydrogen) atoms. The first-order chi connectivity index (χ1) is 12.5. The Morgan fingerprint density at radius 1 is 1.23 bits per heavy atom. The Morgan fingerprint density at radius 3 is 2.73 bits per heavy atom. The van der Waals surface area contributed by atoms with Crippen molar-refractivity contribution in [1.29, 1.82) is 0 Å². The zero-order valence-electron chi connectivity index (χ0n) is 15.1. The fourth-order valence-corrected chi connectivity index (χ4v) is 4.09. The third-order valence-corrected chi connectivity index (χ3v) is 5.35. The summed E-state index contributed by atoms with van der Waals surface area (Å²) in [6.45, 7) is 4.41. The number of aryl methyl sites for hydroxylation is 2. The van der Waals surface area contributed by atoms with Crippen LogP contribution in [0.1, 0.15) is 24.2 Å². The second-order valence-electron chi connectivity index (χ2n) is 7.37. The molecule has 2 aliphatic carbocycles. The first kappa shape index (κ1) is 16.8. The molecule has 0 spiro atoms. The van der Waals surface area contributed by atoms with E-state index in [0.29, 0.717) is 30.1 Å². The minimum Gasteiger partial charge on any atom is -0.354 e. The van der Waals surface area contributed by atoms with E-state index in [4.69, 9.17) is 0 Å². The van der Waals surface area contributed by atoms with Gasteiger partial charge in [-0.25, -0.2) is 9.36 Å². The van der Waals surface area contributed by atoms with E-state index in [1.165, 1.54) is 17.2 Å². The SMILES string of the molecule is Cc1cc(C)n(-c2ccc(=O)n(CC(=O)NC[C@H]3C[C@@H]4C=C[C@H]3C4)n2)n1. The Bertz CT molecular complexity index is 926. The summed E-state index contributed by atoms with van der Waals surface area (Å²) in [7, 11) is 0. The fraction of sp³-hybridized carbons (Fsp3) is 0.474. The average molecular weight is 353 g/mol. The summed E-state index contributed by atoms with van der Waals surface area (Å²) < 4.78 is 2.87. The highest BCUT2D eigenvalue weighted by Crippen LogP contribution is 2.42. The molecule has 7 nitrogen and oxygen atoms in total. The molecule has 2 bridgehead atoms. The fourth-order valence-electron chi connectivity index (χ4n) is 4.09. The van der Waals surface area contributed by atoms with Gasteiger partial charge in [-0.05, 0) is 56.6 Å². The van der Waals surface area contributed by atoms with Gasteiger partial charge in [0, 0.05) is 18.3 Å². The van der Waals surface area contributed by atoms with Gasteiger partial charge in [-0.2, -0.15) is 5.10 Å². The van der Waals surface area contributed by atoms with Crippen LogP contribution in [-0.2, 0) is 11.3 Å². The molecule has 0 saturated heterocycles. The molecule has 136 valence electrons. The van der Waals surface area contributed by atoms with Crippen LogP contribution < -0.4 is 10.9 Å². The lowest BCUT2D eigenvalue weighted by molar-refractivity contribution is -0.122. The lowest BCUT2D eigenvalue weighted by Gasteiger charge is -2.18. The van der Waals surface area contributed by atoms with Crippen LogP contribution in [0.15, 0.2) is 35.1 Å². The van der Waals surface area contributed by atoms with Crippen LogP contribution >= 0.6 is 0 Å². The molecule has 2 aromatic rings. The van der Waals surface area contributed by atoms with E-state index >= 15 is 0 Å². The Labute approximate surface area is 151 Å². The lowest BCUT2D eigenvalue weighted by Crippen LogP contribution is -2.37. The van der Waals surface area contributed by atoms with Gasteiger partial charge in [0.1, 0.15) is 6.54 Å². The Kier molecular flexibility index (Phi) is 4.22. The van der Waals surface area contributed by atoms with Crippen molar-refractivity contribution >= 4 is 5.91 Å². The maximum Gasteiger partial charge on any atom is 0.267 e. The number of carbonyl (C=O) groups excluding carboxylic acids is 1. The molecule has 4 rings (SSSR count). The van der Waals surface area contributed by atoms with Crippen LogP contribution in [-0.4, -0.2) is 32.0 Å². The maximum absolute atomic E-state index is 12.3. The van der Waals surface area contributed by atoms with Crippen molar-refractivity contribution in [2.75, 3.05) is 6.54 Å². The molecule has 1 amide bonds. The number of amides is 1. The van der Waals surface area contributed by atoms with E-state index in [1.54, 1.807) is 10.7 Å². The molecule has 0 unspecified atom stereocenters. The van der Waals surface area contributed by atoms with E-state index in [2.05, 4.69) is 27.7 Å². The van der Waals surface area contributed by atoms with Gasteiger partial charge >= 0.3 is 0 Å². The van der Waals surface area contributed by atoms with Crippen LogP contribution in [0.25, 0.3) is 5.82 Å². The highest BCUT2D eigenvalue weighted by Gasteiger charge is 2.35. The van der Waals surface area contributed by atoms with Gasteiger partial charge in [0.15, 0.2) is 5.82 Å². The molecular weight excluding hydrogens is 330 g/mol. The number of aromatic nitrogens is 4. The third kappa shape index (κ3) is 3.21. The number of hydrogen-bond donors (Lipinski definition) is 1. The van der Waals surface area contributed by atoms with Crippen molar-refractivity contribution in [3.63, 3.8) is 0 Å². The number of nitrogens with one attached hydrogen (secondary N) is 1. The van der Waals surface area contributed by atoms with Gasteiger partial charge in [0.25, 0.3) is 5.56 Å². The predicted molar refractivity (Wildman–Crippen MR) is 96.9 cm³/mol. The molecule has 2 aromatic heterocycles. The van der Waals surface area contributed by atoms with Crippen molar-refractivity contribution in [2.24, 2.45) is 17.8 Å². The number of fused-ring (bicyclic) bond motifs is 2. The predicted octanol–water partition coefficient (Wildman–Crippen LogP) is 1.37. The molecule has 3 atom stereocenters. The summed E-state index contributed by atoms with van der Waals surface area (Å²) in [6, 6.07) is 4.98. The van der Waals surface area contributed by atoms with E-state index in [-0.39, 0.29) is 18.0 Å². The van der Waals surface area contributed by atoms with Gasteiger partial charge in [0.2, 0.25) is 5.91 Å². The van der Waals surface area contributed by atoms with Gasteiger partial charge < -0.3 is 5.32 Å². The van der Waals surface area contributed by atoms with Crippen LogP contribution in [0.5, 0.6) is 0 Å². The first-order valence-corrected chi connectivity index (χ1v) is 9.06. The number of hydrogen-bond acceptors (Lipinski definition) is 4. The topological polar surface area (TPSA) is 81.8 Å². The smallest absolute Gasteiger partial charge is 0.267 e. The summed E-state index contributed by atoms with van der Waals surface area (Å²) in [5.74, 6) is 2.14. The molecule has 1 saturated carbocycles. The van der Waals surface area contributed by atoms with Crippen LogP contribution in [0, 0.1) is 31.6 Å². The van der Waals surface area contributed by atoms with Crippen LogP contribution in [0.4, 0.5) is 0 Å². The van der Waals surface area contributed by atoms with E-state index in [0.717, 1.165) is 17.8 Å². The van der Waals surface area contributed by atoms with Crippen LogP contribution in [0.2, 0.25) is 0 Å². The highest BCUT2D eigenvalue weighted by molar-refractivity contribution is 5.75. The molecule has 0 radical (unpaired) electrons. The van der Waals surface area contributed by atoms with E-state index < -0.39 is 0 Å². The van der Waals surface area contributed by atoms with Gasteiger partial charge in [-0.1, -0.05) is 12.2 Å². The quantitative estimate of drug-likeness (QED) is 0.823. The zero-order valence-corrected chi connectivity index (χ0v) is 15.1. The molecule has 1 fully saturated rings. The van der Waals surface area contributed by atoms with Crippen LogP contribution in [0.3, 0.4) is 0 Å². The Morgan fingerprint density at radius 2 is 2.08 bits per heavy atom. The maximum atomic E-state index is 12.3. The number of rotatable bonds is 5. The normalized spacial score (nSPS) is 23.5. The Hall–Kier alpha value is -2.70. The second kappa shape index (κ2) is 6.55. The second-order valence-corrected chi connectivity index (χ2v) is 7.37. The van der Waals surface area contributed by atoms with Gasteiger partial charge in [-0.3, -0.25) is 9.59 Å².